The molecule has 4 heterocycles. The second kappa shape index (κ2) is 19.5. The van der Waals surface area contributed by atoms with Crippen molar-refractivity contribution in [3.05, 3.63) is 245 Å². The molecule has 0 bridgehead atoms. The Morgan fingerprint density at radius 3 is 1.65 bits per heavy atom. The topological polar surface area (TPSA) is 38.5 Å². The Hall–Kier alpha value is -8.25. The molecular weight excluding hydrogens is 1160 g/mol. The van der Waals surface area contributed by atoms with E-state index in [9.17, 15) is 0 Å². The van der Waals surface area contributed by atoms with E-state index in [1.165, 1.54) is 50.1 Å². The Morgan fingerprint density at radius 1 is 0.412 bits per heavy atom. The van der Waals surface area contributed by atoms with E-state index in [0.29, 0.717) is 11.6 Å². The van der Waals surface area contributed by atoms with E-state index in [2.05, 4.69) is 319 Å². The minimum absolute atomic E-state index is 0.0591. The van der Waals surface area contributed by atoms with Crippen LogP contribution in [0.2, 0.25) is 0 Å². The van der Waals surface area contributed by atoms with Crippen LogP contribution in [0.5, 0.6) is 11.6 Å². The zero-order valence-electron chi connectivity index (χ0n) is 46.9. The van der Waals surface area contributed by atoms with Crippen LogP contribution in [0.25, 0.3) is 66.9 Å². The molecule has 80 heavy (non-hydrogen) atoms. The Labute approximate surface area is 482 Å². The maximum atomic E-state index is 7.34. The molecule has 11 aromatic rings. The molecule has 9 aromatic carbocycles. The molecular formula is C72H64BN5OPt. The molecule has 0 spiro atoms. The number of rotatable bonds is 8. The molecule has 2 aromatic heterocycles. The Bertz CT molecular complexity index is 4260. The summed E-state index contributed by atoms with van der Waals surface area (Å²) in [5.41, 5.74) is 21.7. The van der Waals surface area contributed by atoms with Crippen molar-refractivity contribution in [1.29, 1.82) is 0 Å². The van der Waals surface area contributed by atoms with Crippen molar-refractivity contribution in [2.24, 2.45) is 0 Å². The summed E-state index contributed by atoms with van der Waals surface area (Å²) in [5.74, 6) is 2.01. The van der Waals surface area contributed by atoms with Gasteiger partial charge in [-0.1, -0.05) is 54.6 Å². The molecule has 0 unspecified atom stereocenters. The second-order valence-corrected chi connectivity index (χ2v) is 25.4. The quantitative estimate of drug-likeness (QED) is 0.142. The third-order valence-electron chi connectivity index (χ3n) is 16.0. The van der Waals surface area contributed by atoms with Crippen LogP contribution in [-0.2, 0) is 35.6 Å². The Kier molecular flexibility index (Phi) is 12.5. The Morgan fingerprint density at radius 2 is 0.963 bits per heavy atom. The van der Waals surface area contributed by atoms with Crippen molar-refractivity contribution in [1.82, 2.24) is 14.1 Å². The van der Waals surface area contributed by atoms with E-state index in [1.54, 1.807) is 0 Å². The van der Waals surface area contributed by atoms with E-state index in [0.717, 1.165) is 65.7 Å². The monoisotopic (exact) mass is 1220 g/mol. The fourth-order valence-electron chi connectivity index (χ4n) is 12.0. The molecule has 6 nitrogen and oxygen atoms in total. The maximum absolute atomic E-state index is 7.34. The fourth-order valence-corrected chi connectivity index (χ4v) is 13.1. The molecule has 13 rings (SSSR count). The number of benzene rings is 9. The molecule has 8 heteroatoms. The summed E-state index contributed by atoms with van der Waals surface area (Å²) in [6, 6.07) is 81.6. The predicted molar refractivity (Wildman–Crippen MR) is 331 cm³/mol. The van der Waals surface area contributed by atoms with E-state index < -0.39 is 0 Å². The van der Waals surface area contributed by atoms with Gasteiger partial charge in [-0.3, -0.25) is 0 Å². The zero-order chi connectivity index (χ0) is 55.2. The van der Waals surface area contributed by atoms with Crippen LogP contribution in [0, 0.1) is 3.80 Å². The first-order valence-corrected chi connectivity index (χ1v) is 28.9. The molecule has 2 aliphatic rings. The van der Waals surface area contributed by atoms with Gasteiger partial charge in [0.15, 0.2) is 0 Å². The average Bonchev–Trinajstić information content (AvgIpc) is 4.12. The molecule has 0 fully saturated rings. The van der Waals surface area contributed by atoms with E-state index in [-0.39, 0.29) is 23.2 Å². The minimum atomic E-state index is -0.162. The van der Waals surface area contributed by atoms with Crippen LogP contribution in [0.1, 0.15) is 79.0 Å². The zero-order valence-corrected chi connectivity index (χ0v) is 49.2. The molecule has 0 radical (unpaired) electrons. The van der Waals surface area contributed by atoms with Gasteiger partial charge in [-0.2, -0.15) is 0 Å². The van der Waals surface area contributed by atoms with Gasteiger partial charge < -0.3 is 0 Å². The summed E-state index contributed by atoms with van der Waals surface area (Å²) >= 11 is 2.56. The van der Waals surface area contributed by atoms with Crippen molar-refractivity contribution >= 4 is 46.4 Å². The first kappa shape index (κ1) is 51.2. The van der Waals surface area contributed by atoms with Crippen LogP contribution in [-0.4, -0.2) is 21.1 Å². The summed E-state index contributed by atoms with van der Waals surface area (Å²) in [5, 5.41) is 0. The number of nitrogens with zero attached hydrogens (tertiary/aromatic N) is 5. The number of anilines is 4. The van der Waals surface area contributed by atoms with Crippen LogP contribution < -0.4 is 19.8 Å². The van der Waals surface area contributed by atoms with Crippen LogP contribution >= 0.6 is 0 Å². The molecule has 0 atom stereocenters. The number of pyridine rings is 1. The molecule has 0 amide bonds. The summed E-state index contributed by atoms with van der Waals surface area (Å²) < 4.78 is 13.2. The SMILES string of the molecule is CC(C)(C)c1cc(-c2cccc(-c3ccccc3)c2-n2[c](=[Pt])n(-c3ccc(-c4ccccc4C(C)(C)C)c(Oc4cccc(N5B6c7ccccc7-c7ccccc7N6c6ccccc65)n4)c3)c3ccccc32)cc(C(C)(C)C)c1. The number of ether oxygens (including phenoxy) is 1. The van der Waals surface area contributed by atoms with E-state index in [4.69, 9.17) is 9.72 Å². The number of fused-ring (bicyclic) bond motifs is 9. The third-order valence-corrected chi connectivity index (χ3v) is 17.0. The van der Waals surface area contributed by atoms with E-state index in [1.807, 2.05) is 6.07 Å². The normalized spacial score (nSPS) is 13.1. The van der Waals surface area contributed by atoms with Gasteiger partial charge >= 0.3 is 402 Å². The van der Waals surface area contributed by atoms with Gasteiger partial charge in [-0.05, 0) is 17.7 Å². The van der Waals surface area contributed by atoms with Gasteiger partial charge in [0.25, 0.3) is 0 Å². The third kappa shape index (κ3) is 8.78. The van der Waals surface area contributed by atoms with Gasteiger partial charge in [-0.15, -0.1) is 0 Å². The van der Waals surface area contributed by atoms with Crippen LogP contribution in [0.15, 0.2) is 224 Å². The van der Waals surface area contributed by atoms with Crippen molar-refractivity contribution in [3.63, 3.8) is 0 Å². The molecule has 2 aliphatic heterocycles. The first-order valence-electron chi connectivity index (χ1n) is 27.8. The van der Waals surface area contributed by atoms with Gasteiger partial charge in [0, 0.05) is 11.3 Å². The fraction of sp³-hybridized carbons (Fsp3) is 0.167. The molecule has 0 saturated carbocycles. The number of aromatic nitrogens is 3. The average molecular weight is 1220 g/mol. The van der Waals surface area contributed by atoms with Gasteiger partial charge in [-0.25, -0.2) is 0 Å². The van der Waals surface area contributed by atoms with Crippen LogP contribution in [0.3, 0.4) is 0 Å². The number of para-hydroxylation sites is 6. The number of hydrogen-bond acceptors (Lipinski definition) is 4. The summed E-state index contributed by atoms with van der Waals surface area (Å²) in [7, 11) is 0. The summed E-state index contributed by atoms with van der Waals surface area (Å²) in [6.45, 7) is 20.6. The van der Waals surface area contributed by atoms with Crippen molar-refractivity contribution in [3.8, 4) is 67.5 Å². The first-order chi connectivity index (χ1) is 38.5. The molecule has 0 aliphatic carbocycles. The van der Waals surface area contributed by atoms with Crippen molar-refractivity contribution in [2.75, 3.05) is 9.62 Å². The molecule has 396 valence electrons. The number of imidazole rings is 1. The van der Waals surface area contributed by atoms with Gasteiger partial charge in [0.2, 0.25) is 0 Å². The Balaban J connectivity index is 1.00. The van der Waals surface area contributed by atoms with E-state index >= 15 is 0 Å². The number of hydrogen-bond donors (Lipinski definition) is 0. The second-order valence-electron chi connectivity index (χ2n) is 24.4. The standard InChI is InChI=1S/C72H64BN5O.Pt/c1-70(2,3)50-43-49(44-51(45-50)71(4,5)6)54-31-23-30-53(48-25-11-10-12-26-48)69(54)76-47-75(62-35-19-20-36-63(62)76)52-41-42-58(55-27-13-16-32-59(55)72(7,8)9)66(46-52)79-68-40-24-39-67(74-68)78-65-38-22-21-37-64(65)77-61-34-18-15-29-57(61)56-28-14-17-33-60(56)73(77)78;/h10-46H,1-9H3;. The molecule has 0 saturated heterocycles. The van der Waals surface area contributed by atoms with Crippen molar-refractivity contribution in [2.45, 2.75) is 78.6 Å². The van der Waals surface area contributed by atoms with Crippen molar-refractivity contribution < 1.29 is 24.1 Å². The predicted octanol–water partition coefficient (Wildman–Crippen LogP) is 18.2. The molecule has 0 N–H and O–H groups in total. The summed E-state index contributed by atoms with van der Waals surface area (Å²) in [6.07, 6.45) is 0. The summed E-state index contributed by atoms with van der Waals surface area (Å²) in [4.78, 5) is 10.3. The van der Waals surface area contributed by atoms with Gasteiger partial charge in [0.1, 0.15) is 0 Å². The van der Waals surface area contributed by atoms with Crippen LogP contribution in [0.4, 0.5) is 22.9 Å². The van der Waals surface area contributed by atoms with Gasteiger partial charge in [0.05, 0.1) is 0 Å².